The van der Waals surface area contributed by atoms with Crippen molar-refractivity contribution in [2.75, 3.05) is 20.2 Å². The summed E-state index contributed by atoms with van der Waals surface area (Å²) in [5.74, 6) is -0.308. The average molecular weight is 247 g/mol. The quantitative estimate of drug-likeness (QED) is 0.723. The van der Waals surface area contributed by atoms with Crippen LogP contribution in [0.3, 0.4) is 0 Å². The second-order valence-electron chi connectivity index (χ2n) is 4.81. The van der Waals surface area contributed by atoms with Crippen LogP contribution in [0.15, 0.2) is 30.3 Å². The fourth-order valence-electron chi connectivity index (χ4n) is 2.35. The Morgan fingerprint density at radius 2 is 2.06 bits per heavy atom. The monoisotopic (exact) mass is 247 g/mol. The first-order valence-corrected chi connectivity index (χ1v) is 6.63. The van der Waals surface area contributed by atoms with Crippen LogP contribution in [0.4, 0.5) is 0 Å². The summed E-state index contributed by atoms with van der Waals surface area (Å²) in [4.78, 5) is 14.3. The van der Waals surface area contributed by atoms with Crippen molar-refractivity contribution < 1.29 is 9.53 Å². The smallest absolute Gasteiger partial charge is 0.314 e. The summed E-state index contributed by atoms with van der Waals surface area (Å²) in [5.41, 5.74) is 1.04. The molecule has 1 aliphatic rings. The van der Waals surface area contributed by atoms with E-state index in [-0.39, 0.29) is 11.9 Å². The number of methoxy groups -OCH3 is 1. The van der Waals surface area contributed by atoms with Crippen LogP contribution in [0.1, 0.15) is 31.2 Å². The van der Waals surface area contributed by atoms with Crippen LogP contribution < -0.4 is 0 Å². The predicted molar refractivity (Wildman–Crippen MR) is 71.5 cm³/mol. The van der Waals surface area contributed by atoms with Gasteiger partial charge in [0.15, 0.2) is 0 Å². The Balaban J connectivity index is 2.12. The van der Waals surface area contributed by atoms with Gasteiger partial charge >= 0.3 is 5.97 Å². The topological polar surface area (TPSA) is 29.5 Å². The molecule has 1 atom stereocenters. The van der Waals surface area contributed by atoms with Gasteiger partial charge in [-0.05, 0) is 24.9 Å². The Morgan fingerprint density at radius 1 is 1.39 bits per heavy atom. The molecule has 1 aromatic rings. The molecule has 0 bridgehead atoms. The molecule has 0 N–H and O–H groups in total. The van der Waals surface area contributed by atoms with Crippen LogP contribution in [0.5, 0.6) is 0 Å². The molecule has 98 valence electrons. The van der Waals surface area contributed by atoms with Gasteiger partial charge < -0.3 is 4.74 Å². The fraction of sp³-hybridized carbons (Fsp3) is 0.533. The van der Waals surface area contributed by atoms with Gasteiger partial charge in [0, 0.05) is 12.6 Å². The molecule has 0 aliphatic heterocycles. The largest absolute Gasteiger partial charge is 0.469 e. The highest BCUT2D eigenvalue weighted by atomic mass is 16.5. The van der Waals surface area contributed by atoms with Crippen molar-refractivity contribution in [3.05, 3.63) is 35.9 Å². The molecule has 0 heterocycles. The van der Waals surface area contributed by atoms with Crippen LogP contribution in [0, 0.1) is 0 Å². The van der Waals surface area contributed by atoms with Gasteiger partial charge in [0.1, 0.15) is 0 Å². The second-order valence-corrected chi connectivity index (χ2v) is 4.81. The highest BCUT2D eigenvalue weighted by molar-refractivity contribution is 5.78. The maximum Gasteiger partial charge on any atom is 0.314 e. The van der Waals surface area contributed by atoms with E-state index in [1.807, 2.05) is 30.3 Å². The first kappa shape index (κ1) is 13.1. The van der Waals surface area contributed by atoms with E-state index in [2.05, 4.69) is 11.8 Å². The van der Waals surface area contributed by atoms with Crippen LogP contribution in [-0.4, -0.2) is 37.1 Å². The molecule has 1 saturated carbocycles. The number of carbonyl (C=O) groups excluding carboxylic acids is 1. The molecule has 3 heteroatoms. The SMILES string of the molecule is CCN(CC(C(=O)OC)c1ccccc1)C1CC1. The third kappa shape index (κ3) is 3.10. The zero-order valence-corrected chi connectivity index (χ0v) is 11.1. The Kier molecular flexibility index (Phi) is 4.37. The van der Waals surface area contributed by atoms with E-state index in [1.165, 1.54) is 20.0 Å². The fourth-order valence-corrected chi connectivity index (χ4v) is 2.35. The van der Waals surface area contributed by atoms with Gasteiger partial charge in [0.2, 0.25) is 0 Å². The lowest BCUT2D eigenvalue weighted by molar-refractivity contribution is -0.143. The van der Waals surface area contributed by atoms with Crippen molar-refractivity contribution in [3.8, 4) is 0 Å². The molecule has 1 fully saturated rings. The van der Waals surface area contributed by atoms with E-state index in [9.17, 15) is 4.79 Å². The van der Waals surface area contributed by atoms with Crippen LogP contribution in [0.25, 0.3) is 0 Å². The number of esters is 1. The molecule has 1 aromatic carbocycles. The molecular weight excluding hydrogens is 226 g/mol. The summed E-state index contributed by atoms with van der Waals surface area (Å²) in [6.45, 7) is 3.90. The zero-order valence-electron chi connectivity index (χ0n) is 11.1. The Bertz CT molecular complexity index is 387. The molecule has 18 heavy (non-hydrogen) atoms. The third-order valence-corrected chi connectivity index (χ3v) is 3.57. The third-order valence-electron chi connectivity index (χ3n) is 3.57. The van der Waals surface area contributed by atoms with Gasteiger partial charge in [-0.3, -0.25) is 9.69 Å². The van der Waals surface area contributed by atoms with Crippen LogP contribution >= 0.6 is 0 Å². The molecule has 0 radical (unpaired) electrons. The van der Waals surface area contributed by atoms with E-state index in [0.717, 1.165) is 18.7 Å². The van der Waals surface area contributed by atoms with Crippen LogP contribution in [-0.2, 0) is 9.53 Å². The summed E-state index contributed by atoms with van der Waals surface area (Å²) in [6.07, 6.45) is 2.52. The van der Waals surface area contributed by atoms with Gasteiger partial charge in [-0.15, -0.1) is 0 Å². The first-order chi connectivity index (χ1) is 8.76. The number of likely N-dealkylation sites (N-methyl/N-ethyl adjacent to an activating group) is 1. The summed E-state index contributed by atoms with van der Waals surface area (Å²) < 4.78 is 4.95. The van der Waals surface area contributed by atoms with Gasteiger partial charge in [-0.2, -0.15) is 0 Å². The van der Waals surface area contributed by atoms with Crippen molar-refractivity contribution in [2.45, 2.75) is 31.7 Å². The standard InChI is InChI=1S/C15H21NO2/c1-3-16(13-9-10-13)11-14(15(17)18-2)12-7-5-4-6-8-12/h4-8,13-14H,3,9-11H2,1-2H3. The minimum absolute atomic E-state index is 0.139. The number of hydrogen-bond acceptors (Lipinski definition) is 3. The number of nitrogens with zero attached hydrogens (tertiary/aromatic N) is 1. The van der Waals surface area contributed by atoms with Gasteiger partial charge in [0.25, 0.3) is 0 Å². The second kappa shape index (κ2) is 6.01. The minimum atomic E-state index is -0.170. The van der Waals surface area contributed by atoms with Gasteiger partial charge in [-0.1, -0.05) is 37.3 Å². The average Bonchev–Trinajstić information content (AvgIpc) is 3.25. The first-order valence-electron chi connectivity index (χ1n) is 6.63. The molecule has 1 aliphatic carbocycles. The molecule has 0 aromatic heterocycles. The lowest BCUT2D eigenvalue weighted by atomic mass is 9.98. The van der Waals surface area contributed by atoms with E-state index >= 15 is 0 Å². The minimum Gasteiger partial charge on any atom is -0.469 e. The molecule has 0 amide bonds. The number of carbonyl (C=O) groups is 1. The van der Waals surface area contributed by atoms with Crippen molar-refractivity contribution in [1.29, 1.82) is 0 Å². The maximum absolute atomic E-state index is 12.0. The lowest BCUT2D eigenvalue weighted by Gasteiger charge is -2.25. The summed E-state index contributed by atoms with van der Waals surface area (Å²) in [7, 11) is 1.46. The number of benzene rings is 1. The van der Waals surface area contributed by atoms with E-state index in [0.29, 0.717) is 6.04 Å². The molecule has 2 rings (SSSR count). The van der Waals surface area contributed by atoms with E-state index in [1.54, 1.807) is 0 Å². The molecular formula is C15H21NO2. The summed E-state index contributed by atoms with van der Waals surface area (Å²) >= 11 is 0. The molecule has 1 unspecified atom stereocenters. The summed E-state index contributed by atoms with van der Waals surface area (Å²) in [6, 6.07) is 10.6. The zero-order chi connectivity index (χ0) is 13.0. The van der Waals surface area contributed by atoms with Crippen molar-refractivity contribution in [3.63, 3.8) is 0 Å². The van der Waals surface area contributed by atoms with Crippen molar-refractivity contribution in [2.24, 2.45) is 0 Å². The molecule has 0 saturated heterocycles. The van der Waals surface area contributed by atoms with E-state index < -0.39 is 0 Å². The van der Waals surface area contributed by atoms with E-state index in [4.69, 9.17) is 4.74 Å². The number of hydrogen-bond donors (Lipinski definition) is 0. The number of rotatable bonds is 6. The highest BCUT2D eigenvalue weighted by Gasteiger charge is 2.32. The Hall–Kier alpha value is -1.35. The molecule has 3 nitrogen and oxygen atoms in total. The predicted octanol–water partition coefficient (Wildman–Crippen LogP) is 2.43. The summed E-state index contributed by atoms with van der Waals surface area (Å²) in [5, 5.41) is 0. The van der Waals surface area contributed by atoms with Gasteiger partial charge in [-0.25, -0.2) is 0 Å². The maximum atomic E-state index is 12.0. The Morgan fingerprint density at radius 3 is 2.56 bits per heavy atom. The Labute approximate surface area is 109 Å². The van der Waals surface area contributed by atoms with Crippen LogP contribution in [0.2, 0.25) is 0 Å². The highest BCUT2D eigenvalue weighted by Crippen LogP contribution is 2.29. The van der Waals surface area contributed by atoms with Crippen molar-refractivity contribution in [1.82, 2.24) is 4.90 Å². The molecule has 0 spiro atoms. The number of ether oxygens (including phenoxy) is 1. The van der Waals surface area contributed by atoms with Gasteiger partial charge in [0.05, 0.1) is 13.0 Å². The lowest BCUT2D eigenvalue weighted by Crippen LogP contribution is -2.34. The van der Waals surface area contributed by atoms with Crippen molar-refractivity contribution >= 4 is 5.97 Å². The normalized spacial score (nSPS) is 16.6.